The lowest BCUT2D eigenvalue weighted by atomic mass is 10.1. The summed E-state index contributed by atoms with van der Waals surface area (Å²) in [6.07, 6.45) is 1.06. The number of aryl methyl sites for hydroxylation is 2. The van der Waals surface area contributed by atoms with Crippen molar-refractivity contribution >= 4 is 28.1 Å². The van der Waals surface area contributed by atoms with Crippen LogP contribution in [0.2, 0.25) is 5.02 Å². The van der Waals surface area contributed by atoms with E-state index in [1.54, 1.807) is 0 Å². The van der Waals surface area contributed by atoms with Crippen LogP contribution in [0.1, 0.15) is 30.2 Å². The minimum atomic E-state index is 0.409. The molecule has 108 valence electrons. The van der Waals surface area contributed by atoms with Crippen molar-refractivity contribution in [2.45, 2.75) is 33.8 Å². The van der Waals surface area contributed by atoms with Crippen molar-refractivity contribution in [3.05, 3.63) is 34.0 Å². The van der Waals surface area contributed by atoms with Gasteiger partial charge in [-0.25, -0.2) is 0 Å². The van der Waals surface area contributed by atoms with Gasteiger partial charge in [-0.15, -0.1) is 5.10 Å². The quantitative estimate of drug-likeness (QED) is 0.868. The number of anilines is 1. The Morgan fingerprint density at radius 1 is 1.30 bits per heavy atom. The van der Waals surface area contributed by atoms with Gasteiger partial charge in [0.05, 0.1) is 0 Å². The van der Waals surface area contributed by atoms with E-state index < -0.39 is 0 Å². The average molecular weight is 312 g/mol. The zero-order valence-electron chi connectivity index (χ0n) is 11.9. The third-order valence-corrected chi connectivity index (χ3v) is 3.81. The first-order valence-electron chi connectivity index (χ1n) is 6.56. The molecule has 0 bridgehead atoms. The minimum Gasteiger partial charge on any atom is -0.487 e. The van der Waals surface area contributed by atoms with Gasteiger partial charge in [0.15, 0.2) is 0 Å². The number of aromatic nitrogens is 2. The number of hydrogen-bond acceptors (Lipinski definition) is 5. The van der Waals surface area contributed by atoms with E-state index in [2.05, 4.69) is 21.8 Å². The van der Waals surface area contributed by atoms with Gasteiger partial charge in [0.1, 0.15) is 23.1 Å². The van der Waals surface area contributed by atoms with Gasteiger partial charge in [0.25, 0.3) is 0 Å². The maximum Gasteiger partial charge on any atom is 0.136 e. The van der Waals surface area contributed by atoms with E-state index in [0.717, 1.165) is 45.6 Å². The van der Waals surface area contributed by atoms with Crippen molar-refractivity contribution in [3.63, 3.8) is 0 Å². The molecule has 0 radical (unpaired) electrons. The third-order valence-electron chi connectivity index (χ3n) is 2.87. The normalized spacial score (nSPS) is 10.6. The summed E-state index contributed by atoms with van der Waals surface area (Å²) in [5.41, 5.74) is 2.90. The van der Waals surface area contributed by atoms with Gasteiger partial charge in [-0.05, 0) is 43.5 Å². The first-order valence-corrected chi connectivity index (χ1v) is 7.71. The predicted molar refractivity (Wildman–Crippen MR) is 83.9 cm³/mol. The lowest BCUT2D eigenvalue weighted by molar-refractivity contribution is 0.297. The molecule has 0 aliphatic carbocycles. The molecule has 1 aromatic carbocycles. The minimum absolute atomic E-state index is 0.409. The predicted octanol–water partition coefficient (Wildman–Crippen LogP) is 4.21. The second-order valence-corrected chi connectivity index (χ2v) is 5.82. The fraction of sp³-hybridized carbons (Fsp3) is 0.429. The van der Waals surface area contributed by atoms with Crippen LogP contribution >= 0.6 is 23.1 Å². The average Bonchev–Trinajstić information content (AvgIpc) is 2.82. The maximum atomic E-state index is 6.02. The van der Waals surface area contributed by atoms with Crippen LogP contribution in [0.4, 0.5) is 5.00 Å². The summed E-state index contributed by atoms with van der Waals surface area (Å²) in [6, 6.07) is 3.80. The molecule has 1 heterocycles. The van der Waals surface area contributed by atoms with Gasteiger partial charge >= 0.3 is 0 Å². The highest BCUT2D eigenvalue weighted by atomic mass is 35.5. The Labute approximate surface area is 128 Å². The highest BCUT2D eigenvalue weighted by Crippen LogP contribution is 2.28. The molecule has 0 aliphatic heterocycles. The van der Waals surface area contributed by atoms with Crippen LogP contribution in [0.25, 0.3) is 0 Å². The summed E-state index contributed by atoms with van der Waals surface area (Å²) in [7, 11) is 0. The second kappa shape index (κ2) is 6.90. The van der Waals surface area contributed by atoms with Gasteiger partial charge in [0.2, 0.25) is 0 Å². The topological polar surface area (TPSA) is 47.0 Å². The van der Waals surface area contributed by atoms with Crippen molar-refractivity contribution in [2.75, 3.05) is 11.9 Å². The molecule has 0 saturated heterocycles. The third kappa shape index (κ3) is 3.61. The molecule has 2 rings (SSSR count). The van der Waals surface area contributed by atoms with Crippen LogP contribution in [0.5, 0.6) is 5.75 Å². The van der Waals surface area contributed by atoms with Crippen molar-refractivity contribution in [1.82, 2.24) is 9.59 Å². The smallest absolute Gasteiger partial charge is 0.136 e. The molecule has 0 atom stereocenters. The van der Waals surface area contributed by atoms with E-state index in [4.69, 9.17) is 16.3 Å². The molecule has 0 saturated carbocycles. The number of benzene rings is 1. The molecule has 0 fully saturated rings. The van der Waals surface area contributed by atoms with Crippen LogP contribution in [-0.4, -0.2) is 16.1 Å². The van der Waals surface area contributed by atoms with E-state index in [-0.39, 0.29) is 0 Å². The zero-order valence-corrected chi connectivity index (χ0v) is 13.4. The molecule has 0 spiro atoms. The molecular formula is C14H18ClN3OS. The lowest BCUT2D eigenvalue weighted by Gasteiger charge is -2.12. The highest BCUT2D eigenvalue weighted by molar-refractivity contribution is 7.10. The molecule has 1 N–H and O–H groups in total. The van der Waals surface area contributed by atoms with Gasteiger partial charge in [-0.3, -0.25) is 0 Å². The number of nitrogens with zero attached hydrogens (tertiary/aromatic N) is 2. The van der Waals surface area contributed by atoms with Gasteiger partial charge in [0, 0.05) is 23.1 Å². The molecule has 6 heteroatoms. The van der Waals surface area contributed by atoms with Crippen LogP contribution in [0.15, 0.2) is 12.1 Å². The molecule has 20 heavy (non-hydrogen) atoms. The first kappa shape index (κ1) is 15.1. The summed E-state index contributed by atoms with van der Waals surface area (Å²) in [5, 5.41) is 9.14. The molecule has 0 aliphatic rings. The van der Waals surface area contributed by atoms with Crippen molar-refractivity contribution in [2.24, 2.45) is 0 Å². The number of ether oxygens (including phenoxy) is 1. The van der Waals surface area contributed by atoms with E-state index in [1.165, 1.54) is 11.5 Å². The zero-order chi connectivity index (χ0) is 14.5. The second-order valence-electron chi connectivity index (χ2n) is 4.63. The Morgan fingerprint density at radius 3 is 2.65 bits per heavy atom. The van der Waals surface area contributed by atoms with Gasteiger partial charge in [-0.1, -0.05) is 23.0 Å². The summed E-state index contributed by atoms with van der Waals surface area (Å²) < 4.78 is 9.87. The summed E-state index contributed by atoms with van der Waals surface area (Å²) >= 11 is 7.38. The van der Waals surface area contributed by atoms with Crippen molar-refractivity contribution in [3.8, 4) is 5.75 Å². The van der Waals surface area contributed by atoms with Crippen molar-refractivity contribution < 1.29 is 4.74 Å². The summed E-state index contributed by atoms with van der Waals surface area (Å²) in [4.78, 5) is 0. The van der Waals surface area contributed by atoms with E-state index in [1.807, 2.05) is 26.0 Å². The number of hydrogen-bond donors (Lipinski definition) is 1. The standard InChI is InChI=1S/C14H18ClN3OS/c1-4-5-16-14-12(17-18-20-14)8-19-13-9(2)6-11(15)7-10(13)3/h6-7,16H,4-5,8H2,1-3H3. The molecule has 0 amide bonds. The molecule has 4 nitrogen and oxygen atoms in total. The van der Waals surface area contributed by atoms with Crippen LogP contribution < -0.4 is 10.1 Å². The summed E-state index contributed by atoms with van der Waals surface area (Å²) in [6.45, 7) is 7.42. The van der Waals surface area contributed by atoms with Gasteiger partial charge in [-0.2, -0.15) is 0 Å². The highest BCUT2D eigenvalue weighted by Gasteiger charge is 2.11. The lowest BCUT2D eigenvalue weighted by Crippen LogP contribution is -2.04. The van der Waals surface area contributed by atoms with E-state index in [9.17, 15) is 0 Å². The Morgan fingerprint density at radius 2 is 2.00 bits per heavy atom. The fourth-order valence-electron chi connectivity index (χ4n) is 1.94. The van der Waals surface area contributed by atoms with Crippen molar-refractivity contribution in [1.29, 1.82) is 0 Å². The van der Waals surface area contributed by atoms with Crippen LogP contribution in [0, 0.1) is 13.8 Å². The van der Waals surface area contributed by atoms with E-state index in [0.29, 0.717) is 6.61 Å². The number of rotatable bonds is 6. The number of nitrogens with one attached hydrogen (secondary N) is 1. The SMILES string of the molecule is CCCNc1snnc1COc1c(C)cc(Cl)cc1C. The molecule has 0 unspecified atom stereocenters. The molecule has 2 aromatic rings. The Bertz CT molecular complexity index is 563. The van der Waals surface area contributed by atoms with Crippen LogP contribution in [0.3, 0.4) is 0 Å². The largest absolute Gasteiger partial charge is 0.487 e. The Hall–Kier alpha value is -1.33. The maximum absolute atomic E-state index is 6.02. The molecule has 1 aromatic heterocycles. The fourth-order valence-corrected chi connectivity index (χ4v) is 2.86. The van der Waals surface area contributed by atoms with Crippen LogP contribution in [-0.2, 0) is 6.61 Å². The van der Waals surface area contributed by atoms with Gasteiger partial charge < -0.3 is 10.1 Å². The summed E-state index contributed by atoms with van der Waals surface area (Å²) in [5.74, 6) is 0.865. The Balaban J connectivity index is 2.07. The monoisotopic (exact) mass is 311 g/mol. The number of halogens is 1. The first-order chi connectivity index (χ1) is 9.61. The van der Waals surface area contributed by atoms with E-state index >= 15 is 0 Å². The molecular weight excluding hydrogens is 294 g/mol. The Kier molecular flexibility index (Phi) is 5.20.